The van der Waals surface area contributed by atoms with Crippen LogP contribution in [-0.4, -0.2) is 23.2 Å². The lowest BCUT2D eigenvalue weighted by molar-refractivity contribution is 0.261. The van der Waals surface area contributed by atoms with Crippen molar-refractivity contribution in [2.75, 3.05) is 13.2 Å². The Morgan fingerprint density at radius 2 is 1.90 bits per heavy atom. The van der Waals surface area contributed by atoms with Crippen molar-refractivity contribution in [2.45, 2.75) is 12.8 Å². The summed E-state index contributed by atoms with van der Waals surface area (Å²) in [6.07, 6.45) is 3.49. The molecule has 106 valence electrons. The zero-order valence-electron chi connectivity index (χ0n) is 10.8. The zero-order valence-corrected chi connectivity index (χ0v) is 13.1. The number of halogens is 2. The highest BCUT2D eigenvalue weighted by atomic mass is 79.9. The van der Waals surface area contributed by atoms with Crippen LogP contribution in [0.2, 0.25) is 5.15 Å². The number of ether oxygens (including phenoxy) is 2. The summed E-state index contributed by atoms with van der Waals surface area (Å²) in [6, 6.07) is 8.99. The highest BCUT2D eigenvalue weighted by Gasteiger charge is 1.98. The van der Waals surface area contributed by atoms with Crippen LogP contribution in [0.1, 0.15) is 12.8 Å². The minimum absolute atomic E-state index is 0.439. The lowest BCUT2D eigenvalue weighted by Crippen LogP contribution is -2.03. The minimum atomic E-state index is 0.439. The van der Waals surface area contributed by atoms with Crippen LogP contribution < -0.4 is 9.47 Å². The second-order valence-electron chi connectivity index (χ2n) is 4.02. The fourth-order valence-electron chi connectivity index (χ4n) is 1.52. The minimum Gasteiger partial charge on any atom is -0.493 e. The van der Waals surface area contributed by atoms with Crippen molar-refractivity contribution in [1.29, 1.82) is 0 Å². The average Bonchev–Trinajstić information content (AvgIpc) is 2.43. The molecule has 0 aromatic carbocycles. The van der Waals surface area contributed by atoms with Crippen LogP contribution in [0, 0.1) is 0 Å². The molecule has 2 rings (SSSR count). The molecule has 2 aromatic heterocycles. The van der Waals surface area contributed by atoms with Crippen molar-refractivity contribution in [3.63, 3.8) is 0 Å². The summed E-state index contributed by atoms with van der Waals surface area (Å²) >= 11 is 9.07. The molecule has 0 aliphatic heterocycles. The van der Waals surface area contributed by atoms with Crippen LogP contribution in [0.25, 0.3) is 0 Å². The third-order valence-corrected chi connectivity index (χ3v) is 3.09. The molecule has 0 spiro atoms. The molecule has 0 fully saturated rings. The normalized spacial score (nSPS) is 10.3. The lowest BCUT2D eigenvalue weighted by Gasteiger charge is -2.07. The van der Waals surface area contributed by atoms with E-state index in [-0.39, 0.29) is 0 Å². The summed E-state index contributed by atoms with van der Waals surface area (Å²) < 4.78 is 11.9. The molecule has 2 aromatic rings. The van der Waals surface area contributed by atoms with E-state index in [0.717, 1.165) is 23.2 Å². The summed E-state index contributed by atoms with van der Waals surface area (Å²) in [5.74, 6) is 1.36. The highest BCUT2D eigenvalue weighted by molar-refractivity contribution is 9.10. The van der Waals surface area contributed by atoms with E-state index in [1.807, 2.05) is 18.2 Å². The molecule has 0 bridgehead atoms. The number of aromatic nitrogens is 2. The summed E-state index contributed by atoms with van der Waals surface area (Å²) in [5, 5.41) is 0.439. The van der Waals surface area contributed by atoms with Gasteiger partial charge in [-0.05, 0) is 40.9 Å². The van der Waals surface area contributed by atoms with Gasteiger partial charge in [-0.3, -0.25) is 0 Å². The summed E-state index contributed by atoms with van der Waals surface area (Å²) in [7, 11) is 0. The number of hydrogen-bond donors (Lipinski definition) is 0. The number of unbranched alkanes of at least 4 members (excludes halogenated alkanes) is 1. The van der Waals surface area contributed by atoms with E-state index in [1.54, 1.807) is 18.3 Å². The molecule has 0 saturated heterocycles. The smallest absolute Gasteiger partial charge is 0.214 e. The van der Waals surface area contributed by atoms with E-state index in [1.165, 1.54) is 0 Å². The Balaban J connectivity index is 1.60. The van der Waals surface area contributed by atoms with Gasteiger partial charge in [0.2, 0.25) is 5.88 Å². The maximum atomic E-state index is 5.77. The van der Waals surface area contributed by atoms with Crippen LogP contribution in [0.4, 0.5) is 0 Å². The Bertz CT molecular complexity index is 505. The molecule has 20 heavy (non-hydrogen) atoms. The monoisotopic (exact) mass is 356 g/mol. The van der Waals surface area contributed by atoms with Crippen LogP contribution in [0.5, 0.6) is 11.6 Å². The first-order valence-corrected chi connectivity index (χ1v) is 7.41. The molecule has 0 atom stereocenters. The molecular weight excluding hydrogens is 344 g/mol. The van der Waals surface area contributed by atoms with Crippen molar-refractivity contribution in [3.8, 4) is 11.6 Å². The maximum Gasteiger partial charge on any atom is 0.214 e. The first-order chi connectivity index (χ1) is 9.74. The van der Waals surface area contributed by atoms with Crippen molar-refractivity contribution in [3.05, 3.63) is 46.3 Å². The zero-order chi connectivity index (χ0) is 14.2. The van der Waals surface area contributed by atoms with Crippen LogP contribution in [-0.2, 0) is 0 Å². The number of pyridine rings is 2. The Hall–Kier alpha value is -1.33. The van der Waals surface area contributed by atoms with E-state index in [4.69, 9.17) is 21.1 Å². The van der Waals surface area contributed by atoms with Crippen molar-refractivity contribution in [1.82, 2.24) is 9.97 Å². The lowest BCUT2D eigenvalue weighted by atomic mass is 10.3. The molecule has 6 heteroatoms. The van der Waals surface area contributed by atoms with Gasteiger partial charge in [0, 0.05) is 18.3 Å². The van der Waals surface area contributed by atoms with Crippen molar-refractivity contribution >= 4 is 27.5 Å². The number of hydrogen-bond acceptors (Lipinski definition) is 4. The van der Waals surface area contributed by atoms with E-state index < -0.39 is 0 Å². The topological polar surface area (TPSA) is 44.2 Å². The van der Waals surface area contributed by atoms with Crippen molar-refractivity contribution in [2.24, 2.45) is 0 Å². The SMILES string of the molecule is Clc1cccc(OCCCCOc2ccnc(Br)c2)n1. The number of nitrogens with zero attached hydrogens (tertiary/aromatic N) is 2. The van der Waals surface area contributed by atoms with Gasteiger partial charge in [0.1, 0.15) is 15.5 Å². The molecule has 0 unspecified atom stereocenters. The molecule has 2 heterocycles. The largest absolute Gasteiger partial charge is 0.493 e. The molecule has 0 radical (unpaired) electrons. The van der Waals surface area contributed by atoms with Gasteiger partial charge >= 0.3 is 0 Å². The first-order valence-electron chi connectivity index (χ1n) is 6.24. The average molecular weight is 358 g/mol. The van der Waals surface area contributed by atoms with Crippen molar-refractivity contribution < 1.29 is 9.47 Å². The van der Waals surface area contributed by atoms with Gasteiger partial charge in [-0.15, -0.1) is 0 Å². The van der Waals surface area contributed by atoms with E-state index in [2.05, 4.69) is 25.9 Å². The Morgan fingerprint density at radius 3 is 2.65 bits per heavy atom. The van der Waals surface area contributed by atoms with Gasteiger partial charge in [0.15, 0.2) is 0 Å². The van der Waals surface area contributed by atoms with Crippen LogP contribution >= 0.6 is 27.5 Å². The Kier molecular flexibility index (Phi) is 6.08. The third-order valence-electron chi connectivity index (χ3n) is 2.44. The molecule has 0 aliphatic rings. The fraction of sp³-hybridized carbons (Fsp3) is 0.286. The highest BCUT2D eigenvalue weighted by Crippen LogP contribution is 2.15. The van der Waals surface area contributed by atoms with E-state index >= 15 is 0 Å². The standard InChI is InChI=1S/C14H14BrClN2O2/c15-12-10-11(6-7-17-12)19-8-1-2-9-20-14-5-3-4-13(16)18-14/h3-7,10H,1-2,8-9H2. The molecule has 0 aliphatic carbocycles. The molecular formula is C14H14BrClN2O2. The summed E-state index contributed by atoms with van der Waals surface area (Å²) in [5.41, 5.74) is 0. The van der Waals surface area contributed by atoms with Gasteiger partial charge in [0.25, 0.3) is 0 Å². The van der Waals surface area contributed by atoms with E-state index in [9.17, 15) is 0 Å². The first kappa shape index (κ1) is 15.1. The third kappa shape index (κ3) is 5.35. The predicted octanol–water partition coefficient (Wildman–Crippen LogP) is 4.13. The van der Waals surface area contributed by atoms with Gasteiger partial charge < -0.3 is 9.47 Å². The summed E-state index contributed by atoms with van der Waals surface area (Å²) in [6.45, 7) is 1.24. The Labute approximate surface area is 131 Å². The Morgan fingerprint density at radius 1 is 1.10 bits per heavy atom. The van der Waals surface area contributed by atoms with Crippen LogP contribution in [0.3, 0.4) is 0 Å². The fourth-order valence-corrected chi connectivity index (χ4v) is 2.02. The van der Waals surface area contributed by atoms with E-state index in [0.29, 0.717) is 24.2 Å². The quantitative estimate of drug-likeness (QED) is 0.552. The van der Waals surface area contributed by atoms with Gasteiger partial charge in [0.05, 0.1) is 13.2 Å². The molecule has 0 saturated carbocycles. The second kappa shape index (κ2) is 8.07. The van der Waals surface area contributed by atoms with Gasteiger partial charge in [-0.25, -0.2) is 9.97 Å². The summed E-state index contributed by atoms with van der Waals surface area (Å²) in [4.78, 5) is 8.09. The number of rotatable bonds is 7. The molecule has 0 amide bonds. The van der Waals surface area contributed by atoms with Gasteiger partial charge in [-0.1, -0.05) is 17.7 Å². The van der Waals surface area contributed by atoms with Gasteiger partial charge in [-0.2, -0.15) is 0 Å². The predicted molar refractivity (Wildman–Crippen MR) is 81.4 cm³/mol. The maximum absolute atomic E-state index is 5.77. The molecule has 0 N–H and O–H groups in total. The second-order valence-corrected chi connectivity index (χ2v) is 5.22. The van der Waals surface area contributed by atoms with Crippen LogP contribution in [0.15, 0.2) is 41.1 Å². The molecule has 4 nitrogen and oxygen atoms in total.